The van der Waals surface area contributed by atoms with Gasteiger partial charge in [-0.3, -0.25) is 4.79 Å². The van der Waals surface area contributed by atoms with Crippen molar-refractivity contribution >= 4 is 36.5 Å². The van der Waals surface area contributed by atoms with E-state index in [2.05, 4.69) is 34.4 Å². The van der Waals surface area contributed by atoms with Crippen LogP contribution in [0.2, 0.25) is 0 Å². The first-order chi connectivity index (χ1) is 10.2. The molecule has 1 aliphatic heterocycles. The van der Waals surface area contributed by atoms with Crippen molar-refractivity contribution < 1.29 is 4.79 Å². The molecule has 1 fully saturated rings. The summed E-state index contributed by atoms with van der Waals surface area (Å²) >= 11 is 0. The largest absolute Gasteiger partial charge is 0.357 e. The van der Waals surface area contributed by atoms with Gasteiger partial charge in [-0.25, -0.2) is 4.98 Å². The third-order valence-corrected chi connectivity index (χ3v) is 3.84. The lowest BCUT2D eigenvalue weighted by Gasteiger charge is -2.24. The van der Waals surface area contributed by atoms with Crippen LogP contribution in [0.4, 0.5) is 5.82 Å². The molecule has 0 aliphatic carbocycles. The molecule has 1 aliphatic rings. The van der Waals surface area contributed by atoms with Crippen molar-refractivity contribution in [3.63, 3.8) is 0 Å². The fourth-order valence-electron chi connectivity index (χ4n) is 2.66. The average molecular weight is 363 g/mol. The maximum Gasteiger partial charge on any atom is 0.253 e. The fraction of sp³-hybridized carbons (Fsp3) is 0.625. The number of anilines is 1. The molecule has 0 aromatic carbocycles. The number of hydrogen-bond donors (Lipinski definition) is 2. The van der Waals surface area contributed by atoms with E-state index < -0.39 is 0 Å². The summed E-state index contributed by atoms with van der Waals surface area (Å²) in [6.07, 6.45) is 4.93. The number of amides is 1. The second-order valence-corrected chi connectivity index (χ2v) is 5.50. The number of piperidine rings is 1. The molecular weight excluding hydrogens is 335 g/mol. The van der Waals surface area contributed by atoms with Gasteiger partial charge in [-0.05, 0) is 44.9 Å². The molecule has 1 aromatic heterocycles. The van der Waals surface area contributed by atoms with E-state index in [4.69, 9.17) is 0 Å². The molecule has 1 amide bonds. The summed E-state index contributed by atoms with van der Waals surface area (Å²) < 4.78 is 0. The summed E-state index contributed by atoms with van der Waals surface area (Å²) in [7, 11) is 0. The SMILES string of the molecule is CCCN(CC)c1ccc(C(=O)N[C@H]2CCCNC2)cn1.Cl.Cl. The minimum atomic E-state index is -0.0266. The Balaban J connectivity index is 0.00000242. The van der Waals surface area contributed by atoms with Crippen molar-refractivity contribution in [3.8, 4) is 0 Å². The zero-order valence-corrected chi connectivity index (χ0v) is 15.5. The molecule has 0 saturated carbocycles. The maximum atomic E-state index is 12.2. The molecule has 1 saturated heterocycles. The first-order valence-electron chi connectivity index (χ1n) is 7.97. The third-order valence-electron chi connectivity index (χ3n) is 3.84. The number of halogens is 2. The predicted molar refractivity (Wildman–Crippen MR) is 100 cm³/mol. The number of hydrogen-bond acceptors (Lipinski definition) is 4. The van der Waals surface area contributed by atoms with Crippen LogP contribution in [0.1, 0.15) is 43.5 Å². The van der Waals surface area contributed by atoms with Gasteiger partial charge in [-0.1, -0.05) is 6.92 Å². The topological polar surface area (TPSA) is 57.3 Å². The standard InChI is InChI=1S/C16H26N4O.2ClH/c1-3-10-20(4-2)15-8-7-13(11-18-15)16(21)19-14-6-5-9-17-12-14;;/h7-8,11,14,17H,3-6,9-10,12H2,1-2H3,(H,19,21);2*1H/t14-;;/m0../s1. The minimum Gasteiger partial charge on any atom is -0.357 e. The Bertz CT molecular complexity index is 450. The summed E-state index contributed by atoms with van der Waals surface area (Å²) in [4.78, 5) is 18.8. The zero-order chi connectivity index (χ0) is 15.1. The Morgan fingerprint density at radius 3 is 2.70 bits per heavy atom. The highest BCUT2D eigenvalue weighted by Gasteiger charge is 2.16. The van der Waals surface area contributed by atoms with Crippen molar-refractivity contribution in [1.29, 1.82) is 0 Å². The molecule has 0 bridgehead atoms. The summed E-state index contributed by atoms with van der Waals surface area (Å²) in [6, 6.07) is 4.04. The molecule has 0 unspecified atom stereocenters. The monoisotopic (exact) mass is 362 g/mol. The normalized spacial score (nSPS) is 16.7. The van der Waals surface area contributed by atoms with Crippen molar-refractivity contribution in [1.82, 2.24) is 15.6 Å². The summed E-state index contributed by atoms with van der Waals surface area (Å²) in [5, 5.41) is 6.37. The van der Waals surface area contributed by atoms with Gasteiger partial charge in [-0.2, -0.15) is 0 Å². The number of carbonyl (C=O) groups is 1. The van der Waals surface area contributed by atoms with E-state index in [0.717, 1.165) is 51.3 Å². The van der Waals surface area contributed by atoms with Gasteiger partial charge >= 0.3 is 0 Å². The first-order valence-corrected chi connectivity index (χ1v) is 7.97. The molecule has 1 atom stereocenters. The van der Waals surface area contributed by atoms with Gasteiger partial charge in [0.2, 0.25) is 0 Å². The number of nitrogens with one attached hydrogen (secondary N) is 2. The summed E-state index contributed by atoms with van der Waals surface area (Å²) in [5.41, 5.74) is 0.636. The molecule has 0 spiro atoms. The zero-order valence-electron chi connectivity index (χ0n) is 13.9. The van der Waals surface area contributed by atoms with E-state index in [1.54, 1.807) is 6.20 Å². The molecule has 2 heterocycles. The van der Waals surface area contributed by atoms with Crippen LogP contribution < -0.4 is 15.5 Å². The quantitative estimate of drug-likeness (QED) is 0.816. The average Bonchev–Trinajstić information content (AvgIpc) is 2.54. The highest BCUT2D eigenvalue weighted by molar-refractivity contribution is 5.94. The van der Waals surface area contributed by atoms with Crippen LogP contribution in [0, 0.1) is 0 Å². The minimum absolute atomic E-state index is 0. The van der Waals surface area contributed by atoms with Crippen LogP contribution in [0.25, 0.3) is 0 Å². The van der Waals surface area contributed by atoms with Crippen LogP contribution in [0.3, 0.4) is 0 Å². The van der Waals surface area contributed by atoms with Gasteiger partial charge in [0, 0.05) is 31.9 Å². The van der Waals surface area contributed by atoms with E-state index in [1.807, 2.05) is 12.1 Å². The van der Waals surface area contributed by atoms with Gasteiger partial charge in [-0.15, -0.1) is 24.8 Å². The smallest absolute Gasteiger partial charge is 0.253 e. The highest BCUT2D eigenvalue weighted by atomic mass is 35.5. The summed E-state index contributed by atoms with van der Waals surface area (Å²) in [6.45, 7) is 8.10. The molecule has 1 aromatic rings. The number of nitrogens with zero attached hydrogens (tertiary/aromatic N) is 2. The van der Waals surface area contributed by atoms with Crippen LogP contribution in [-0.4, -0.2) is 43.1 Å². The molecule has 5 nitrogen and oxygen atoms in total. The van der Waals surface area contributed by atoms with Crippen molar-refractivity contribution in [3.05, 3.63) is 23.9 Å². The second-order valence-electron chi connectivity index (χ2n) is 5.50. The van der Waals surface area contributed by atoms with Crippen LogP contribution in [0.5, 0.6) is 0 Å². The van der Waals surface area contributed by atoms with E-state index in [9.17, 15) is 4.79 Å². The number of rotatable bonds is 6. The van der Waals surface area contributed by atoms with Gasteiger partial charge in [0.05, 0.1) is 5.56 Å². The third kappa shape index (κ3) is 6.53. The maximum absolute atomic E-state index is 12.2. The lowest BCUT2D eigenvalue weighted by Crippen LogP contribution is -2.45. The number of pyridine rings is 1. The number of carbonyl (C=O) groups excluding carboxylic acids is 1. The van der Waals surface area contributed by atoms with Crippen molar-refractivity contribution in [2.75, 3.05) is 31.1 Å². The molecule has 23 heavy (non-hydrogen) atoms. The van der Waals surface area contributed by atoms with Crippen LogP contribution in [0.15, 0.2) is 18.3 Å². The Hall–Kier alpha value is -1.04. The van der Waals surface area contributed by atoms with E-state index >= 15 is 0 Å². The van der Waals surface area contributed by atoms with Gasteiger partial charge < -0.3 is 15.5 Å². The van der Waals surface area contributed by atoms with Crippen molar-refractivity contribution in [2.45, 2.75) is 39.2 Å². The molecular formula is C16H28Cl2N4O. The Morgan fingerprint density at radius 2 is 2.17 bits per heavy atom. The van der Waals surface area contributed by atoms with E-state index in [0.29, 0.717) is 5.56 Å². The Labute approximate surface area is 151 Å². The van der Waals surface area contributed by atoms with Gasteiger partial charge in [0.15, 0.2) is 0 Å². The molecule has 132 valence electrons. The lowest BCUT2D eigenvalue weighted by molar-refractivity contribution is 0.0930. The highest BCUT2D eigenvalue weighted by Crippen LogP contribution is 2.12. The fourth-order valence-corrected chi connectivity index (χ4v) is 2.66. The van der Waals surface area contributed by atoms with Crippen molar-refractivity contribution in [2.24, 2.45) is 0 Å². The Morgan fingerprint density at radius 1 is 1.39 bits per heavy atom. The van der Waals surface area contributed by atoms with E-state index in [-0.39, 0.29) is 36.8 Å². The molecule has 2 N–H and O–H groups in total. The van der Waals surface area contributed by atoms with E-state index in [1.165, 1.54) is 0 Å². The molecule has 7 heteroatoms. The second kappa shape index (κ2) is 11.5. The van der Waals surface area contributed by atoms with Crippen LogP contribution >= 0.6 is 24.8 Å². The molecule has 2 rings (SSSR count). The van der Waals surface area contributed by atoms with Gasteiger partial charge in [0.25, 0.3) is 5.91 Å². The first kappa shape index (κ1) is 22.0. The predicted octanol–water partition coefficient (Wildman–Crippen LogP) is 2.64. The molecule has 0 radical (unpaired) electrons. The van der Waals surface area contributed by atoms with Crippen LogP contribution in [-0.2, 0) is 0 Å². The number of aromatic nitrogens is 1. The summed E-state index contributed by atoms with van der Waals surface area (Å²) in [5.74, 6) is 0.913. The lowest BCUT2D eigenvalue weighted by atomic mass is 10.1. The van der Waals surface area contributed by atoms with Gasteiger partial charge in [0.1, 0.15) is 5.82 Å². The Kier molecular flexibility index (Phi) is 11.0.